The van der Waals surface area contributed by atoms with Crippen LogP contribution >= 0.6 is 0 Å². The molecule has 0 unspecified atom stereocenters. The van der Waals surface area contributed by atoms with Crippen molar-refractivity contribution in [2.45, 2.75) is 64.9 Å². The summed E-state index contributed by atoms with van der Waals surface area (Å²) in [7, 11) is 0. The Labute approximate surface area is 133 Å². The molecule has 22 heavy (non-hydrogen) atoms. The lowest BCUT2D eigenvalue weighted by molar-refractivity contribution is -0.126. The molecule has 1 atom stereocenters. The molecule has 2 fully saturated rings. The van der Waals surface area contributed by atoms with E-state index in [1.165, 1.54) is 19.3 Å². The van der Waals surface area contributed by atoms with E-state index in [0.29, 0.717) is 19.0 Å². The van der Waals surface area contributed by atoms with E-state index in [2.05, 4.69) is 5.32 Å². The van der Waals surface area contributed by atoms with Crippen molar-refractivity contribution in [1.82, 2.24) is 10.2 Å². The zero-order valence-corrected chi connectivity index (χ0v) is 14.2. The van der Waals surface area contributed by atoms with E-state index in [0.717, 1.165) is 25.8 Å². The third kappa shape index (κ3) is 5.18. The first-order chi connectivity index (χ1) is 10.3. The van der Waals surface area contributed by atoms with Crippen LogP contribution < -0.4 is 5.32 Å². The minimum absolute atomic E-state index is 0.204. The van der Waals surface area contributed by atoms with Crippen LogP contribution in [-0.4, -0.2) is 42.1 Å². The summed E-state index contributed by atoms with van der Waals surface area (Å²) < 4.78 is 5.39. The normalized spacial score (nSPS) is 23.4. The maximum absolute atomic E-state index is 12.1. The summed E-state index contributed by atoms with van der Waals surface area (Å²) in [6.45, 7) is 7.71. The zero-order valence-electron chi connectivity index (χ0n) is 14.2. The molecule has 1 aliphatic carbocycles. The highest BCUT2D eigenvalue weighted by Gasteiger charge is 2.30. The second-order valence-corrected chi connectivity index (χ2v) is 7.66. The molecule has 1 saturated carbocycles. The lowest BCUT2D eigenvalue weighted by atomic mass is 9.88. The summed E-state index contributed by atoms with van der Waals surface area (Å²) in [5.74, 6) is 0.757. The number of carbonyl (C=O) groups is 2. The molecule has 0 aromatic heterocycles. The third-order valence-electron chi connectivity index (χ3n) is 4.48. The molecule has 0 radical (unpaired) electrons. The monoisotopic (exact) mass is 310 g/mol. The van der Waals surface area contributed by atoms with Gasteiger partial charge in [0.25, 0.3) is 0 Å². The third-order valence-corrected chi connectivity index (χ3v) is 4.48. The first-order valence-electron chi connectivity index (χ1n) is 8.61. The van der Waals surface area contributed by atoms with Crippen LogP contribution in [0, 0.1) is 11.8 Å². The first-order valence-corrected chi connectivity index (χ1v) is 8.61. The van der Waals surface area contributed by atoms with Crippen molar-refractivity contribution in [2.24, 2.45) is 11.8 Å². The van der Waals surface area contributed by atoms with Gasteiger partial charge in [0.15, 0.2) is 0 Å². The standard InChI is InChI=1S/C17H30N2O3/c1-17(2,3)22-16(21)19-10-9-13(12-19)11-18-15(20)14-7-5-4-6-8-14/h13-14H,4-12H2,1-3H3,(H,18,20)/t13-/m1/s1. The fourth-order valence-electron chi connectivity index (χ4n) is 3.25. The van der Waals surface area contributed by atoms with Crippen LogP contribution in [0.1, 0.15) is 59.3 Å². The van der Waals surface area contributed by atoms with Crippen molar-refractivity contribution in [1.29, 1.82) is 0 Å². The Hall–Kier alpha value is -1.26. The highest BCUT2D eigenvalue weighted by atomic mass is 16.6. The van der Waals surface area contributed by atoms with Crippen LogP contribution in [-0.2, 0) is 9.53 Å². The summed E-state index contributed by atoms with van der Waals surface area (Å²) >= 11 is 0. The molecule has 1 N–H and O–H groups in total. The highest BCUT2D eigenvalue weighted by Crippen LogP contribution is 2.24. The lowest BCUT2D eigenvalue weighted by Crippen LogP contribution is -2.38. The Balaban J connectivity index is 1.70. The van der Waals surface area contributed by atoms with Gasteiger partial charge in [-0.1, -0.05) is 19.3 Å². The molecule has 5 heteroatoms. The number of amides is 2. The second-order valence-electron chi connectivity index (χ2n) is 7.66. The lowest BCUT2D eigenvalue weighted by Gasteiger charge is -2.24. The zero-order chi connectivity index (χ0) is 16.2. The maximum Gasteiger partial charge on any atom is 0.410 e. The van der Waals surface area contributed by atoms with Crippen LogP contribution in [0.25, 0.3) is 0 Å². The van der Waals surface area contributed by atoms with E-state index in [-0.39, 0.29) is 17.9 Å². The van der Waals surface area contributed by atoms with E-state index in [4.69, 9.17) is 4.74 Å². The van der Waals surface area contributed by atoms with Gasteiger partial charge >= 0.3 is 6.09 Å². The molecule has 1 heterocycles. The minimum Gasteiger partial charge on any atom is -0.444 e. The Morgan fingerprint density at radius 3 is 2.45 bits per heavy atom. The quantitative estimate of drug-likeness (QED) is 0.872. The van der Waals surface area contributed by atoms with E-state index < -0.39 is 5.60 Å². The largest absolute Gasteiger partial charge is 0.444 e. The molecule has 126 valence electrons. The van der Waals surface area contributed by atoms with Crippen LogP contribution in [0.4, 0.5) is 4.79 Å². The predicted molar refractivity (Wildman–Crippen MR) is 85.5 cm³/mol. The second kappa shape index (κ2) is 7.34. The van der Waals surface area contributed by atoms with Gasteiger partial charge < -0.3 is 15.0 Å². The molecule has 5 nitrogen and oxygen atoms in total. The van der Waals surface area contributed by atoms with Gasteiger partial charge in [-0.3, -0.25) is 4.79 Å². The van der Waals surface area contributed by atoms with Crippen molar-refractivity contribution in [3.8, 4) is 0 Å². The molecule has 0 aromatic carbocycles. The van der Waals surface area contributed by atoms with E-state index in [1.807, 2.05) is 20.8 Å². The number of likely N-dealkylation sites (tertiary alicyclic amines) is 1. The molecule has 2 amide bonds. The number of ether oxygens (including phenoxy) is 1. The first kappa shape index (κ1) is 17.1. The molecular formula is C17H30N2O3. The van der Waals surface area contributed by atoms with Crippen LogP contribution in [0.3, 0.4) is 0 Å². The van der Waals surface area contributed by atoms with Gasteiger partial charge in [-0.25, -0.2) is 4.79 Å². The molecule has 0 bridgehead atoms. The summed E-state index contributed by atoms with van der Waals surface area (Å²) in [4.78, 5) is 25.9. The Kier molecular flexibility index (Phi) is 5.70. The van der Waals surface area contributed by atoms with Crippen molar-refractivity contribution in [3.63, 3.8) is 0 Å². The minimum atomic E-state index is -0.454. The number of nitrogens with one attached hydrogen (secondary N) is 1. The van der Waals surface area contributed by atoms with E-state index in [9.17, 15) is 9.59 Å². The van der Waals surface area contributed by atoms with E-state index in [1.54, 1.807) is 4.90 Å². The van der Waals surface area contributed by atoms with Gasteiger partial charge in [0.2, 0.25) is 5.91 Å². The van der Waals surface area contributed by atoms with Crippen molar-refractivity contribution >= 4 is 12.0 Å². The highest BCUT2D eigenvalue weighted by molar-refractivity contribution is 5.78. The smallest absolute Gasteiger partial charge is 0.410 e. The summed E-state index contributed by atoms with van der Waals surface area (Å²) in [5.41, 5.74) is -0.454. The summed E-state index contributed by atoms with van der Waals surface area (Å²) in [6.07, 6.45) is 6.36. The molecule has 0 spiro atoms. The SMILES string of the molecule is CC(C)(C)OC(=O)N1CC[C@H](CNC(=O)C2CCCCC2)C1. The van der Waals surface area contributed by atoms with Crippen molar-refractivity contribution in [2.75, 3.05) is 19.6 Å². The van der Waals surface area contributed by atoms with Gasteiger partial charge in [0, 0.05) is 25.6 Å². The Morgan fingerprint density at radius 2 is 1.82 bits per heavy atom. The number of hydrogen-bond acceptors (Lipinski definition) is 3. The molecule has 1 saturated heterocycles. The predicted octanol–water partition coefficient (Wildman–Crippen LogP) is 2.94. The topological polar surface area (TPSA) is 58.6 Å². The van der Waals surface area contributed by atoms with E-state index >= 15 is 0 Å². The molecule has 2 aliphatic rings. The van der Waals surface area contributed by atoms with Gasteiger partial charge in [0.1, 0.15) is 5.60 Å². The van der Waals surface area contributed by atoms with Gasteiger partial charge in [-0.05, 0) is 46.0 Å². The Morgan fingerprint density at radius 1 is 1.14 bits per heavy atom. The fourth-order valence-corrected chi connectivity index (χ4v) is 3.25. The van der Waals surface area contributed by atoms with Crippen molar-refractivity contribution < 1.29 is 14.3 Å². The average Bonchev–Trinajstić information content (AvgIpc) is 2.93. The van der Waals surface area contributed by atoms with Gasteiger partial charge in [-0.2, -0.15) is 0 Å². The molecule has 2 rings (SSSR count). The summed E-state index contributed by atoms with van der Waals surface area (Å²) in [6, 6.07) is 0. The number of hydrogen-bond donors (Lipinski definition) is 1. The maximum atomic E-state index is 12.1. The van der Waals surface area contributed by atoms with Crippen molar-refractivity contribution in [3.05, 3.63) is 0 Å². The molecule has 0 aromatic rings. The van der Waals surface area contributed by atoms with Gasteiger partial charge in [-0.15, -0.1) is 0 Å². The van der Waals surface area contributed by atoms with Crippen LogP contribution in [0.15, 0.2) is 0 Å². The number of nitrogens with zero attached hydrogens (tertiary/aromatic N) is 1. The molecular weight excluding hydrogens is 280 g/mol. The number of rotatable bonds is 3. The average molecular weight is 310 g/mol. The van der Waals surface area contributed by atoms with Crippen LogP contribution in [0.5, 0.6) is 0 Å². The fraction of sp³-hybridized carbons (Fsp3) is 0.882. The van der Waals surface area contributed by atoms with Gasteiger partial charge in [0.05, 0.1) is 0 Å². The van der Waals surface area contributed by atoms with Crippen LogP contribution in [0.2, 0.25) is 0 Å². The molecule has 1 aliphatic heterocycles. The Bertz CT molecular complexity index is 397. The number of carbonyl (C=O) groups excluding carboxylic acids is 2. The summed E-state index contributed by atoms with van der Waals surface area (Å²) in [5, 5.41) is 3.08.